The Morgan fingerprint density at radius 2 is 1.87 bits per heavy atom. The first-order chi connectivity index (χ1) is 14.7. The molecule has 1 atom stereocenters. The molecule has 0 saturated heterocycles. The molecule has 4 aromatic rings. The van der Waals surface area contributed by atoms with Crippen LogP contribution in [-0.4, -0.2) is 42.1 Å². The molecule has 0 radical (unpaired) electrons. The maximum absolute atomic E-state index is 13.2. The van der Waals surface area contributed by atoms with Gasteiger partial charge < -0.3 is 4.90 Å². The van der Waals surface area contributed by atoms with Gasteiger partial charge >= 0.3 is 0 Å². The summed E-state index contributed by atoms with van der Waals surface area (Å²) in [6.45, 7) is 1.74. The van der Waals surface area contributed by atoms with Crippen molar-refractivity contribution in [3.8, 4) is 0 Å². The smallest absolute Gasteiger partial charge is 0.276 e. The summed E-state index contributed by atoms with van der Waals surface area (Å²) in [6, 6.07) is 18.3. The highest BCUT2D eigenvalue weighted by Crippen LogP contribution is 2.33. The Bertz CT molecular complexity index is 1180. The maximum Gasteiger partial charge on any atom is 0.276 e. The number of hydrogen-bond acceptors (Lipinski definition) is 4. The molecule has 0 spiro atoms. The zero-order valence-electron chi connectivity index (χ0n) is 16.7. The van der Waals surface area contributed by atoms with Gasteiger partial charge in [-0.15, -0.1) is 5.10 Å². The number of amides is 1. The summed E-state index contributed by atoms with van der Waals surface area (Å²) in [6.07, 6.45) is 5.63. The van der Waals surface area contributed by atoms with Gasteiger partial charge in [-0.05, 0) is 22.3 Å². The van der Waals surface area contributed by atoms with E-state index in [-0.39, 0.29) is 11.8 Å². The van der Waals surface area contributed by atoms with Crippen LogP contribution in [0.25, 0.3) is 0 Å². The summed E-state index contributed by atoms with van der Waals surface area (Å²) in [5, 5.41) is 12.6. The third-order valence-electron chi connectivity index (χ3n) is 5.55. The fraction of sp³-hybridized carbons (Fsp3) is 0.217. The van der Waals surface area contributed by atoms with Gasteiger partial charge in [-0.1, -0.05) is 59.8 Å². The number of nitrogens with zero attached hydrogens (tertiary/aromatic N) is 6. The van der Waals surface area contributed by atoms with Crippen LogP contribution in [0.2, 0.25) is 0 Å². The molecule has 0 bridgehead atoms. The van der Waals surface area contributed by atoms with E-state index in [1.807, 2.05) is 60.7 Å². The quantitative estimate of drug-likeness (QED) is 0.530. The van der Waals surface area contributed by atoms with Gasteiger partial charge in [0, 0.05) is 32.3 Å². The SMILES string of the molecule is Cn1cc(C2CN(C(=O)c3cn(Cc4ccccc4)nn3)Cc3ccccc32)cn1. The Morgan fingerprint density at radius 1 is 1.07 bits per heavy atom. The summed E-state index contributed by atoms with van der Waals surface area (Å²) in [4.78, 5) is 15.1. The molecule has 1 aliphatic rings. The highest BCUT2D eigenvalue weighted by molar-refractivity contribution is 5.92. The number of benzene rings is 2. The van der Waals surface area contributed by atoms with Crippen molar-refractivity contribution in [3.05, 3.63) is 101 Å². The van der Waals surface area contributed by atoms with Crippen LogP contribution in [0.4, 0.5) is 0 Å². The van der Waals surface area contributed by atoms with Gasteiger partial charge in [0.05, 0.1) is 18.9 Å². The van der Waals surface area contributed by atoms with Crippen molar-refractivity contribution >= 4 is 5.91 Å². The van der Waals surface area contributed by atoms with Crippen LogP contribution in [0, 0.1) is 0 Å². The van der Waals surface area contributed by atoms with E-state index in [0.717, 1.165) is 16.7 Å². The zero-order chi connectivity index (χ0) is 20.5. The fourth-order valence-electron chi connectivity index (χ4n) is 4.07. The van der Waals surface area contributed by atoms with Crippen molar-refractivity contribution in [1.82, 2.24) is 29.7 Å². The lowest BCUT2D eigenvalue weighted by molar-refractivity contribution is 0.0719. The Kier molecular flexibility index (Phi) is 4.63. The normalized spacial score (nSPS) is 15.8. The van der Waals surface area contributed by atoms with Gasteiger partial charge in [0.15, 0.2) is 5.69 Å². The number of aryl methyl sites for hydroxylation is 1. The molecule has 1 unspecified atom stereocenters. The second-order valence-electron chi connectivity index (χ2n) is 7.67. The lowest BCUT2D eigenvalue weighted by Gasteiger charge is -2.34. The van der Waals surface area contributed by atoms with Crippen LogP contribution in [0.5, 0.6) is 0 Å². The van der Waals surface area contributed by atoms with E-state index in [9.17, 15) is 4.79 Å². The lowest BCUT2D eigenvalue weighted by atomic mass is 9.86. The summed E-state index contributed by atoms with van der Waals surface area (Å²) in [5.41, 5.74) is 5.00. The lowest BCUT2D eigenvalue weighted by Crippen LogP contribution is -2.38. The first kappa shape index (κ1) is 18.3. The number of fused-ring (bicyclic) bond motifs is 1. The Hall–Kier alpha value is -3.74. The Balaban J connectivity index is 1.40. The van der Waals surface area contributed by atoms with Gasteiger partial charge in [-0.2, -0.15) is 5.10 Å². The molecule has 2 aromatic carbocycles. The number of carbonyl (C=O) groups excluding carboxylic acids is 1. The monoisotopic (exact) mass is 398 g/mol. The predicted octanol–water partition coefficient (Wildman–Crippen LogP) is 2.85. The van der Waals surface area contributed by atoms with Gasteiger partial charge in [-0.3, -0.25) is 9.48 Å². The fourth-order valence-corrected chi connectivity index (χ4v) is 4.07. The van der Waals surface area contributed by atoms with Crippen LogP contribution in [0.1, 0.15) is 38.7 Å². The highest BCUT2D eigenvalue weighted by Gasteiger charge is 2.31. The van der Waals surface area contributed by atoms with Crippen molar-refractivity contribution < 1.29 is 4.79 Å². The molecule has 3 heterocycles. The number of hydrogen-bond donors (Lipinski definition) is 0. The van der Waals surface area contributed by atoms with E-state index < -0.39 is 0 Å². The van der Waals surface area contributed by atoms with Gasteiger partial charge in [0.1, 0.15) is 0 Å². The minimum absolute atomic E-state index is 0.0898. The number of carbonyl (C=O) groups is 1. The average molecular weight is 398 g/mol. The van der Waals surface area contributed by atoms with Crippen molar-refractivity contribution in [2.24, 2.45) is 7.05 Å². The van der Waals surface area contributed by atoms with E-state index in [0.29, 0.717) is 25.3 Å². The van der Waals surface area contributed by atoms with E-state index in [1.54, 1.807) is 15.6 Å². The molecule has 2 aromatic heterocycles. The third-order valence-corrected chi connectivity index (χ3v) is 5.55. The second-order valence-corrected chi connectivity index (χ2v) is 7.67. The highest BCUT2D eigenvalue weighted by atomic mass is 16.2. The molecule has 1 amide bonds. The van der Waals surface area contributed by atoms with E-state index in [1.165, 1.54) is 5.56 Å². The van der Waals surface area contributed by atoms with Crippen LogP contribution in [0.15, 0.2) is 73.2 Å². The molecule has 0 saturated carbocycles. The topological polar surface area (TPSA) is 68.8 Å². The van der Waals surface area contributed by atoms with Crippen molar-refractivity contribution in [2.75, 3.05) is 6.54 Å². The summed E-state index contributed by atoms with van der Waals surface area (Å²) in [5.74, 6) is -0.00957. The molecular weight excluding hydrogens is 376 g/mol. The summed E-state index contributed by atoms with van der Waals surface area (Å²) in [7, 11) is 1.91. The summed E-state index contributed by atoms with van der Waals surface area (Å²) >= 11 is 0. The Morgan fingerprint density at radius 3 is 2.67 bits per heavy atom. The predicted molar refractivity (Wildman–Crippen MR) is 112 cm³/mol. The molecule has 7 heteroatoms. The second kappa shape index (κ2) is 7.59. The van der Waals surface area contributed by atoms with Crippen LogP contribution >= 0.6 is 0 Å². The number of rotatable bonds is 4. The van der Waals surface area contributed by atoms with E-state index in [4.69, 9.17) is 0 Å². The first-order valence-electron chi connectivity index (χ1n) is 9.97. The summed E-state index contributed by atoms with van der Waals surface area (Å²) < 4.78 is 3.51. The number of aromatic nitrogens is 5. The van der Waals surface area contributed by atoms with Crippen molar-refractivity contribution in [1.29, 1.82) is 0 Å². The van der Waals surface area contributed by atoms with Crippen LogP contribution in [-0.2, 0) is 20.1 Å². The molecule has 150 valence electrons. The van der Waals surface area contributed by atoms with E-state index in [2.05, 4.69) is 33.6 Å². The largest absolute Gasteiger partial charge is 0.332 e. The minimum Gasteiger partial charge on any atom is -0.332 e. The third kappa shape index (κ3) is 3.50. The molecule has 7 nitrogen and oxygen atoms in total. The van der Waals surface area contributed by atoms with E-state index >= 15 is 0 Å². The molecule has 1 aliphatic heterocycles. The Labute approximate surface area is 174 Å². The van der Waals surface area contributed by atoms with Crippen LogP contribution < -0.4 is 0 Å². The van der Waals surface area contributed by atoms with Gasteiger partial charge in [0.2, 0.25) is 0 Å². The molecule has 30 heavy (non-hydrogen) atoms. The first-order valence-corrected chi connectivity index (χ1v) is 9.97. The van der Waals surface area contributed by atoms with Crippen molar-refractivity contribution in [2.45, 2.75) is 19.0 Å². The van der Waals surface area contributed by atoms with Gasteiger partial charge in [0.25, 0.3) is 5.91 Å². The molecule has 0 aliphatic carbocycles. The molecular formula is C23H22N6O. The van der Waals surface area contributed by atoms with Crippen molar-refractivity contribution in [3.63, 3.8) is 0 Å². The van der Waals surface area contributed by atoms with Crippen LogP contribution in [0.3, 0.4) is 0 Å². The maximum atomic E-state index is 13.2. The zero-order valence-corrected chi connectivity index (χ0v) is 16.7. The average Bonchev–Trinajstić information content (AvgIpc) is 3.42. The molecule has 5 rings (SSSR count). The molecule has 0 fully saturated rings. The molecule has 0 N–H and O–H groups in total. The van der Waals surface area contributed by atoms with Gasteiger partial charge in [-0.25, -0.2) is 4.68 Å². The minimum atomic E-state index is -0.0993. The standard InChI is InChI=1S/C23H22N6O/c1-27-13-19(11-24-27)21-15-28(14-18-9-5-6-10-20(18)21)23(30)22-16-29(26-25-22)12-17-7-3-2-4-8-17/h2-11,13,16,21H,12,14-15H2,1H3.